The zero-order valence-electron chi connectivity index (χ0n) is 20.7. The lowest BCUT2D eigenvalue weighted by atomic mass is 9.99. The summed E-state index contributed by atoms with van der Waals surface area (Å²) in [6.45, 7) is 3.90. The van der Waals surface area contributed by atoms with Crippen LogP contribution in [-0.4, -0.2) is 59.1 Å². The van der Waals surface area contributed by atoms with Crippen molar-refractivity contribution in [1.29, 1.82) is 0 Å². The van der Waals surface area contributed by atoms with Crippen LogP contribution >= 0.6 is 11.6 Å². The largest absolute Gasteiger partial charge is 0.506 e. The molecule has 1 heterocycles. The van der Waals surface area contributed by atoms with Crippen molar-refractivity contribution in [2.75, 3.05) is 26.2 Å². The lowest BCUT2D eigenvalue weighted by molar-refractivity contribution is 0.0630. The normalized spacial score (nSPS) is 14.2. The van der Waals surface area contributed by atoms with Gasteiger partial charge in [-0.05, 0) is 40.6 Å². The number of halogens is 1. The Hall–Kier alpha value is -4.20. The van der Waals surface area contributed by atoms with Gasteiger partial charge in [-0.1, -0.05) is 72.3 Å². The second kappa shape index (κ2) is 11.5. The van der Waals surface area contributed by atoms with Crippen LogP contribution in [0.25, 0.3) is 10.8 Å². The highest BCUT2D eigenvalue weighted by atomic mass is 35.5. The number of carbonyl (C=O) groups is 2. The van der Waals surface area contributed by atoms with Crippen molar-refractivity contribution < 1.29 is 14.7 Å². The van der Waals surface area contributed by atoms with E-state index in [-0.39, 0.29) is 22.2 Å². The summed E-state index contributed by atoms with van der Waals surface area (Å²) in [4.78, 5) is 30.2. The Bertz CT molecular complexity index is 1500. The Morgan fingerprint density at radius 1 is 0.895 bits per heavy atom. The molecule has 1 fully saturated rings. The van der Waals surface area contributed by atoms with Gasteiger partial charge in [0, 0.05) is 49.4 Å². The molecule has 1 aliphatic heterocycles. The molecule has 4 aromatic rings. The fourth-order valence-corrected chi connectivity index (χ4v) is 4.80. The number of hydrogen-bond acceptors (Lipinski definition) is 5. The molecule has 0 spiro atoms. The highest BCUT2D eigenvalue weighted by molar-refractivity contribution is 6.32. The first kappa shape index (κ1) is 25.4. The first-order chi connectivity index (χ1) is 18.5. The van der Waals surface area contributed by atoms with Gasteiger partial charge in [-0.3, -0.25) is 14.5 Å². The van der Waals surface area contributed by atoms with Crippen LogP contribution in [-0.2, 0) is 6.54 Å². The molecule has 0 aliphatic carbocycles. The van der Waals surface area contributed by atoms with Gasteiger partial charge in [0.05, 0.1) is 11.2 Å². The number of rotatable bonds is 6. The predicted octanol–water partition coefficient (Wildman–Crippen LogP) is 4.92. The Kier molecular flexibility index (Phi) is 7.67. The van der Waals surface area contributed by atoms with Crippen molar-refractivity contribution in [3.8, 4) is 5.75 Å². The first-order valence-corrected chi connectivity index (χ1v) is 12.8. The minimum absolute atomic E-state index is 0.0153. The quantitative estimate of drug-likeness (QED) is 0.276. The Labute approximate surface area is 225 Å². The van der Waals surface area contributed by atoms with Gasteiger partial charge >= 0.3 is 0 Å². The molecule has 0 bridgehead atoms. The zero-order valence-corrected chi connectivity index (χ0v) is 21.4. The van der Waals surface area contributed by atoms with Gasteiger partial charge in [0.2, 0.25) is 0 Å². The molecule has 8 heteroatoms. The smallest absolute Gasteiger partial charge is 0.271 e. The molecule has 1 saturated heterocycles. The van der Waals surface area contributed by atoms with Gasteiger partial charge in [0.1, 0.15) is 5.75 Å². The van der Waals surface area contributed by atoms with Crippen LogP contribution in [0.4, 0.5) is 0 Å². The topological polar surface area (TPSA) is 85.2 Å². The van der Waals surface area contributed by atoms with Crippen molar-refractivity contribution in [2.45, 2.75) is 6.54 Å². The second-order valence-corrected chi connectivity index (χ2v) is 9.57. The molecule has 7 nitrogen and oxygen atoms in total. The van der Waals surface area contributed by atoms with Crippen LogP contribution in [0, 0.1) is 0 Å². The van der Waals surface area contributed by atoms with Gasteiger partial charge in [-0.25, -0.2) is 5.43 Å². The Morgan fingerprint density at radius 2 is 1.61 bits per heavy atom. The minimum Gasteiger partial charge on any atom is -0.506 e. The number of phenolic OH excluding ortho intramolecular Hbond substituents is 1. The molecule has 4 aromatic carbocycles. The summed E-state index contributed by atoms with van der Waals surface area (Å²) in [5.41, 5.74) is 5.46. The summed E-state index contributed by atoms with van der Waals surface area (Å²) < 4.78 is 0. The molecule has 5 rings (SSSR count). The number of benzene rings is 4. The molecule has 38 heavy (non-hydrogen) atoms. The van der Waals surface area contributed by atoms with E-state index >= 15 is 0 Å². The molecule has 0 unspecified atom stereocenters. The van der Waals surface area contributed by atoms with E-state index in [1.54, 1.807) is 6.21 Å². The number of carbonyl (C=O) groups excluding carboxylic acids is 2. The molecule has 2 N–H and O–H groups in total. The summed E-state index contributed by atoms with van der Waals surface area (Å²) in [5.74, 6) is -0.533. The molecule has 0 aromatic heterocycles. The maximum atomic E-state index is 13.5. The highest BCUT2D eigenvalue weighted by Gasteiger charge is 2.23. The number of amides is 2. The molecule has 0 saturated carbocycles. The summed E-state index contributed by atoms with van der Waals surface area (Å²) in [5, 5.41) is 15.4. The van der Waals surface area contributed by atoms with E-state index in [0.717, 1.165) is 36.0 Å². The van der Waals surface area contributed by atoms with Crippen LogP contribution in [0.2, 0.25) is 5.02 Å². The van der Waals surface area contributed by atoms with E-state index in [2.05, 4.69) is 27.6 Å². The van der Waals surface area contributed by atoms with Gasteiger partial charge in [0.15, 0.2) is 0 Å². The fourth-order valence-electron chi connectivity index (χ4n) is 4.62. The first-order valence-electron chi connectivity index (χ1n) is 12.4. The van der Waals surface area contributed by atoms with Crippen molar-refractivity contribution in [3.63, 3.8) is 0 Å². The third kappa shape index (κ3) is 5.69. The van der Waals surface area contributed by atoms with E-state index < -0.39 is 5.91 Å². The van der Waals surface area contributed by atoms with Gasteiger partial charge < -0.3 is 10.0 Å². The summed E-state index contributed by atoms with van der Waals surface area (Å²) in [6.07, 6.45) is 1.55. The number of hydrazone groups is 1. The average Bonchev–Trinajstić information content (AvgIpc) is 2.95. The van der Waals surface area contributed by atoms with Crippen molar-refractivity contribution in [2.24, 2.45) is 5.10 Å². The van der Waals surface area contributed by atoms with Crippen molar-refractivity contribution >= 4 is 40.4 Å². The van der Waals surface area contributed by atoms with Gasteiger partial charge in [0.25, 0.3) is 11.8 Å². The maximum absolute atomic E-state index is 13.5. The number of aromatic hydroxyl groups is 1. The van der Waals surface area contributed by atoms with Crippen LogP contribution < -0.4 is 5.43 Å². The second-order valence-electron chi connectivity index (χ2n) is 9.17. The molecule has 1 aliphatic rings. The minimum atomic E-state index is -0.453. The van der Waals surface area contributed by atoms with E-state index in [1.165, 1.54) is 23.8 Å². The highest BCUT2D eigenvalue weighted by Crippen LogP contribution is 2.25. The Balaban J connectivity index is 1.27. The third-order valence-electron chi connectivity index (χ3n) is 6.68. The summed E-state index contributed by atoms with van der Waals surface area (Å²) >= 11 is 5.89. The summed E-state index contributed by atoms with van der Waals surface area (Å²) in [7, 11) is 0. The van der Waals surface area contributed by atoms with Crippen LogP contribution in [0.5, 0.6) is 5.75 Å². The standard InChI is InChI=1S/C30H27ClN4O3/c31-27-18-22(11-13-28(27)36)29(37)33-32-19-23-10-12-26(25-9-5-4-8-24(23)25)30(38)35-16-14-34(15-17-35)20-21-6-2-1-3-7-21/h1-13,18-19,36H,14-17,20H2,(H,33,37). The van der Waals surface area contributed by atoms with E-state index in [9.17, 15) is 14.7 Å². The van der Waals surface area contributed by atoms with Gasteiger partial charge in [-0.15, -0.1) is 0 Å². The molecule has 2 amide bonds. The fraction of sp³-hybridized carbons (Fsp3) is 0.167. The number of phenols is 1. The number of hydrogen-bond donors (Lipinski definition) is 2. The molecular weight excluding hydrogens is 500 g/mol. The van der Waals surface area contributed by atoms with Crippen molar-refractivity contribution in [3.05, 3.63) is 112 Å². The number of fused-ring (bicyclic) bond motifs is 1. The number of nitrogens with zero attached hydrogens (tertiary/aromatic N) is 3. The van der Waals surface area contributed by atoms with E-state index in [1.807, 2.05) is 59.5 Å². The van der Waals surface area contributed by atoms with Crippen molar-refractivity contribution in [1.82, 2.24) is 15.2 Å². The van der Waals surface area contributed by atoms with Crippen LogP contribution in [0.3, 0.4) is 0 Å². The zero-order chi connectivity index (χ0) is 26.5. The number of nitrogens with one attached hydrogen (secondary N) is 1. The lowest BCUT2D eigenvalue weighted by Crippen LogP contribution is -2.48. The monoisotopic (exact) mass is 526 g/mol. The lowest BCUT2D eigenvalue weighted by Gasteiger charge is -2.35. The SMILES string of the molecule is O=C(NN=Cc1ccc(C(=O)N2CCN(Cc3ccccc3)CC2)c2ccccc12)c1ccc(O)c(Cl)c1. The molecule has 0 atom stereocenters. The molecule has 192 valence electrons. The number of piperazine rings is 1. The Morgan fingerprint density at radius 3 is 2.34 bits per heavy atom. The predicted molar refractivity (Wildman–Crippen MR) is 150 cm³/mol. The van der Waals surface area contributed by atoms with Crippen LogP contribution in [0.15, 0.2) is 90.0 Å². The average molecular weight is 527 g/mol. The molecule has 0 radical (unpaired) electrons. The van der Waals surface area contributed by atoms with E-state index in [0.29, 0.717) is 18.7 Å². The van der Waals surface area contributed by atoms with Gasteiger partial charge in [-0.2, -0.15) is 5.10 Å². The van der Waals surface area contributed by atoms with E-state index in [4.69, 9.17) is 11.6 Å². The van der Waals surface area contributed by atoms with Crippen LogP contribution in [0.1, 0.15) is 31.8 Å². The molecular formula is C30H27ClN4O3. The third-order valence-corrected chi connectivity index (χ3v) is 6.98. The summed E-state index contributed by atoms with van der Waals surface area (Å²) in [6, 6.07) is 25.9. The maximum Gasteiger partial charge on any atom is 0.271 e.